The van der Waals surface area contributed by atoms with Gasteiger partial charge >= 0.3 is 0 Å². The van der Waals surface area contributed by atoms with Gasteiger partial charge < -0.3 is 10.3 Å². The highest BCUT2D eigenvalue weighted by Gasteiger charge is 2.09. The van der Waals surface area contributed by atoms with Gasteiger partial charge in [0.25, 0.3) is 5.91 Å². The van der Waals surface area contributed by atoms with Gasteiger partial charge in [0.05, 0.1) is 0 Å². The minimum absolute atomic E-state index is 0.0105. The second-order valence-electron chi connectivity index (χ2n) is 3.85. The van der Waals surface area contributed by atoms with Crippen LogP contribution in [0.25, 0.3) is 10.9 Å². The maximum Gasteiger partial charge on any atom is 0.251 e. The largest absolute Gasteiger partial charge is 0.361 e. The van der Waals surface area contributed by atoms with E-state index >= 15 is 0 Å². The van der Waals surface area contributed by atoms with E-state index in [0.29, 0.717) is 0 Å². The molecule has 0 radical (unpaired) electrons. The van der Waals surface area contributed by atoms with Gasteiger partial charge in [0.2, 0.25) is 0 Å². The number of fused-ring (bicyclic) bond motifs is 1. The average Bonchev–Trinajstić information content (AvgIpc) is 2.82. The zero-order valence-electron chi connectivity index (χ0n) is 9.82. The summed E-state index contributed by atoms with van der Waals surface area (Å²) in [6, 6.07) is 7.67. The summed E-state index contributed by atoms with van der Waals surface area (Å²) in [5.74, 6) is 1.09. The van der Waals surface area contributed by atoms with Crippen LogP contribution in [0.5, 0.6) is 0 Å². The van der Waals surface area contributed by atoms with Crippen LogP contribution in [0, 0.1) is 0 Å². The molecule has 1 heterocycles. The third-order valence-electron chi connectivity index (χ3n) is 2.65. The fraction of sp³-hybridized carbons (Fsp3) is 0.308. The third-order valence-corrected chi connectivity index (χ3v) is 3.35. The number of hydrogen-bond acceptors (Lipinski definition) is 2. The second-order valence-corrected chi connectivity index (χ2v) is 4.83. The zero-order chi connectivity index (χ0) is 12.1. The molecule has 2 aromatic rings. The Kier molecular flexibility index (Phi) is 4.09. The topological polar surface area (TPSA) is 44.9 Å². The maximum atomic E-state index is 12.0. The first-order valence-corrected chi connectivity index (χ1v) is 7.05. The summed E-state index contributed by atoms with van der Waals surface area (Å²) >= 11 is 1.80. The molecule has 0 saturated carbocycles. The number of aromatic amines is 1. The maximum absolute atomic E-state index is 12.0. The number of benzene rings is 1. The Bertz CT molecular complexity index is 507. The van der Waals surface area contributed by atoms with Crippen LogP contribution in [0.4, 0.5) is 0 Å². The number of rotatable bonds is 5. The van der Waals surface area contributed by atoms with Gasteiger partial charge in [-0.3, -0.25) is 4.79 Å². The molecule has 2 N–H and O–H groups in total. The van der Waals surface area contributed by atoms with Crippen LogP contribution in [-0.2, 0) is 0 Å². The van der Waals surface area contributed by atoms with Gasteiger partial charge in [0, 0.05) is 29.2 Å². The van der Waals surface area contributed by atoms with Crippen LogP contribution < -0.4 is 5.32 Å². The van der Waals surface area contributed by atoms with Crippen molar-refractivity contribution in [3.63, 3.8) is 0 Å². The Morgan fingerprint density at radius 2 is 2.29 bits per heavy atom. The van der Waals surface area contributed by atoms with Crippen molar-refractivity contribution < 1.29 is 4.79 Å². The van der Waals surface area contributed by atoms with Gasteiger partial charge in [-0.1, -0.05) is 6.07 Å². The van der Waals surface area contributed by atoms with E-state index in [1.807, 2.05) is 30.5 Å². The lowest BCUT2D eigenvalue weighted by Crippen LogP contribution is -2.24. The van der Waals surface area contributed by atoms with E-state index in [-0.39, 0.29) is 5.91 Å². The Hall–Kier alpha value is -1.42. The first kappa shape index (κ1) is 12.0. The van der Waals surface area contributed by atoms with Crippen LogP contribution in [0.3, 0.4) is 0 Å². The zero-order valence-corrected chi connectivity index (χ0v) is 10.6. The highest BCUT2D eigenvalue weighted by molar-refractivity contribution is 7.98. The summed E-state index contributed by atoms with van der Waals surface area (Å²) in [5.41, 5.74) is 1.75. The number of carbonyl (C=O) groups excluding carboxylic acids is 1. The Morgan fingerprint density at radius 3 is 3.12 bits per heavy atom. The normalized spacial score (nSPS) is 10.6. The van der Waals surface area contributed by atoms with Gasteiger partial charge in [0.15, 0.2) is 0 Å². The summed E-state index contributed by atoms with van der Waals surface area (Å²) in [7, 11) is 0. The lowest BCUT2D eigenvalue weighted by molar-refractivity contribution is 0.0955. The first-order valence-electron chi connectivity index (χ1n) is 5.66. The van der Waals surface area contributed by atoms with E-state index in [4.69, 9.17) is 0 Å². The minimum Gasteiger partial charge on any atom is -0.361 e. The molecule has 17 heavy (non-hydrogen) atoms. The molecule has 3 nitrogen and oxygen atoms in total. The van der Waals surface area contributed by atoms with Gasteiger partial charge in [-0.15, -0.1) is 0 Å². The van der Waals surface area contributed by atoms with Crippen molar-refractivity contribution in [1.29, 1.82) is 0 Å². The highest BCUT2D eigenvalue weighted by atomic mass is 32.2. The van der Waals surface area contributed by atoms with E-state index in [1.165, 1.54) is 0 Å². The van der Waals surface area contributed by atoms with Crippen LogP contribution >= 0.6 is 11.8 Å². The molecule has 2 rings (SSSR count). The number of H-pyrrole nitrogens is 1. The van der Waals surface area contributed by atoms with E-state index in [0.717, 1.165) is 35.2 Å². The Morgan fingerprint density at radius 1 is 1.41 bits per heavy atom. The summed E-state index contributed by atoms with van der Waals surface area (Å²) in [6.07, 6.45) is 4.94. The smallest absolute Gasteiger partial charge is 0.251 e. The molecule has 0 atom stereocenters. The Labute approximate surface area is 105 Å². The molecule has 90 valence electrons. The lowest BCUT2D eigenvalue weighted by Gasteiger charge is -2.05. The minimum atomic E-state index is 0.0105. The SMILES string of the molecule is CSCCCNC(=O)c1cccc2[nH]ccc12. The molecule has 1 aromatic carbocycles. The third kappa shape index (κ3) is 2.82. The molecular weight excluding hydrogens is 232 g/mol. The fourth-order valence-corrected chi connectivity index (χ4v) is 2.23. The summed E-state index contributed by atoms with van der Waals surface area (Å²) in [5, 5.41) is 3.93. The van der Waals surface area contributed by atoms with Crippen molar-refractivity contribution in [3.8, 4) is 0 Å². The van der Waals surface area contributed by atoms with E-state index in [2.05, 4.69) is 16.6 Å². The molecule has 1 aromatic heterocycles. The molecule has 4 heteroatoms. The standard InChI is InChI=1S/C13H16N2OS/c1-17-9-3-7-15-13(16)11-4-2-5-12-10(11)6-8-14-12/h2,4-6,8,14H,3,7,9H2,1H3,(H,15,16). The lowest BCUT2D eigenvalue weighted by atomic mass is 10.1. The average molecular weight is 248 g/mol. The quantitative estimate of drug-likeness (QED) is 0.799. The van der Waals surface area contributed by atoms with E-state index in [9.17, 15) is 4.79 Å². The van der Waals surface area contributed by atoms with Gasteiger partial charge in [-0.25, -0.2) is 0 Å². The van der Waals surface area contributed by atoms with Crippen molar-refractivity contribution in [2.75, 3.05) is 18.6 Å². The molecule has 0 spiro atoms. The van der Waals surface area contributed by atoms with Crippen LogP contribution in [-0.4, -0.2) is 29.4 Å². The number of carbonyl (C=O) groups is 1. The van der Waals surface area contributed by atoms with E-state index in [1.54, 1.807) is 11.8 Å². The molecule has 0 aliphatic carbocycles. The predicted molar refractivity (Wildman–Crippen MR) is 73.6 cm³/mol. The number of nitrogens with one attached hydrogen (secondary N) is 2. The highest BCUT2D eigenvalue weighted by Crippen LogP contribution is 2.17. The van der Waals surface area contributed by atoms with Gasteiger partial charge in [0.1, 0.15) is 0 Å². The van der Waals surface area contributed by atoms with Gasteiger partial charge in [-0.05, 0) is 36.6 Å². The molecule has 0 bridgehead atoms. The summed E-state index contributed by atoms with van der Waals surface area (Å²) in [6.45, 7) is 0.737. The molecule has 0 aliphatic rings. The number of aromatic nitrogens is 1. The molecule has 0 fully saturated rings. The summed E-state index contributed by atoms with van der Waals surface area (Å²) in [4.78, 5) is 15.1. The van der Waals surface area contributed by atoms with Crippen molar-refractivity contribution >= 4 is 28.6 Å². The monoisotopic (exact) mass is 248 g/mol. The summed E-state index contributed by atoms with van der Waals surface area (Å²) < 4.78 is 0. The predicted octanol–water partition coefficient (Wildman–Crippen LogP) is 2.65. The Balaban J connectivity index is 2.06. The number of thioether (sulfide) groups is 1. The molecule has 0 saturated heterocycles. The number of hydrogen-bond donors (Lipinski definition) is 2. The van der Waals surface area contributed by atoms with Crippen LogP contribution in [0.2, 0.25) is 0 Å². The fourth-order valence-electron chi connectivity index (χ4n) is 1.80. The molecule has 0 unspecified atom stereocenters. The number of amides is 1. The van der Waals surface area contributed by atoms with Crippen molar-refractivity contribution in [2.24, 2.45) is 0 Å². The van der Waals surface area contributed by atoms with Crippen molar-refractivity contribution in [1.82, 2.24) is 10.3 Å². The van der Waals surface area contributed by atoms with Crippen molar-refractivity contribution in [3.05, 3.63) is 36.0 Å². The van der Waals surface area contributed by atoms with Gasteiger partial charge in [-0.2, -0.15) is 11.8 Å². The van der Waals surface area contributed by atoms with Crippen LogP contribution in [0.15, 0.2) is 30.5 Å². The van der Waals surface area contributed by atoms with Crippen LogP contribution in [0.1, 0.15) is 16.8 Å². The second kappa shape index (κ2) is 5.77. The molecular formula is C13H16N2OS. The van der Waals surface area contributed by atoms with E-state index < -0.39 is 0 Å². The first-order chi connectivity index (χ1) is 8.33. The molecule has 1 amide bonds. The van der Waals surface area contributed by atoms with Crippen molar-refractivity contribution in [2.45, 2.75) is 6.42 Å². The molecule has 0 aliphatic heterocycles.